The summed E-state index contributed by atoms with van der Waals surface area (Å²) in [6.07, 6.45) is 4.64. The van der Waals surface area contributed by atoms with E-state index in [0.717, 1.165) is 46.8 Å². The highest BCUT2D eigenvalue weighted by Gasteiger charge is 2.34. The van der Waals surface area contributed by atoms with E-state index in [4.69, 9.17) is 14.5 Å². The van der Waals surface area contributed by atoms with Crippen molar-refractivity contribution in [3.63, 3.8) is 0 Å². The van der Waals surface area contributed by atoms with Crippen LogP contribution in [0, 0.1) is 11.3 Å². The van der Waals surface area contributed by atoms with Gasteiger partial charge < -0.3 is 19.4 Å². The number of nitrogens with zero attached hydrogens (tertiary/aromatic N) is 2. The van der Waals surface area contributed by atoms with Crippen molar-refractivity contribution in [2.24, 2.45) is 11.3 Å². The third-order valence-electron chi connectivity index (χ3n) is 6.81. The molecule has 0 amide bonds. The number of fused-ring (bicyclic) bond motifs is 1. The number of hydrogen-bond acceptors (Lipinski definition) is 5. The number of ether oxygens (including phenoxy) is 2. The summed E-state index contributed by atoms with van der Waals surface area (Å²) in [7, 11) is 1.43. The summed E-state index contributed by atoms with van der Waals surface area (Å²) in [6, 6.07) is 14.8. The fourth-order valence-electron chi connectivity index (χ4n) is 5.62. The highest BCUT2D eigenvalue weighted by Crippen LogP contribution is 2.46. The molecule has 1 aliphatic rings. The topological polar surface area (TPSA) is 65.4 Å². The Bertz CT molecular complexity index is 1160. The van der Waals surface area contributed by atoms with Crippen molar-refractivity contribution in [2.75, 3.05) is 12.4 Å². The molecule has 2 atom stereocenters. The summed E-state index contributed by atoms with van der Waals surface area (Å²) in [6.45, 7) is 11.2. The van der Waals surface area contributed by atoms with Crippen molar-refractivity contribution < 1.29 is 14.3 Å². The van der Waals surface area contributed by atoms with E-state index in [-0.39, 0.29) is 17.5 Å². The smallest absolute Gasteiger partial charge is 0.305 e. The average molecular weight is 478 g/mol. The summed E-state index contributed by atoms with van der Waals surface area (Å²) < 4.78 is 13.0. The molecule has 0 saturated heterocycles. The van der Waals surface area contributed by atoms with Crippen LogP contribution in [0.2, 0.25) is 0 Å². The highest BCUT2D eigenvalue weighted by atomic mass is 16.5. The van der Waals surface area contributed by atoms with Crippen molar-refractivity contribution in [1.29, 1.82) is 0 Å². The van der Waals surface area contributed by atoms with Gasteiger partial charge in [-0.25, -0.2) is 4.98 Å². The van der Waals surface area contributed by atoms with Crippen LogP contribution in [0.3, 0.4) is 0 Å². The van der Waals surface area contributed by atoms with E-state index in [1.807, 2.05) is 38.1 Å². The maximum absolute atomic E-state index is 11.6. The maximum atomic E-state index is 11.6. The first-order valence-electron chi connectivity index (χ1n) is 12.7. The first-order chi connectivity index (χ1) is 16.6. The van der Waals surface area contributed by atoms with Gasteiger partial charge in [-0.2, -0.15) is 0 Å². The number of aryl methyl sites for hydroxylation is 1. The molecule has 2 aromatic carbocycles. The minimum absolute atomic E-state index is 0.142. The second-order valence-electron chi connectivity index (χ2n) is 11.1. The minimum atomic E-state index is -0.193. The number of benzene rings is 2. The maximum Gasteiger partial charge on any atom is 0.305 e. The van der Waals surface area contributed by atoms with Crippen LogP contribution in [0.5, 0.6) is 5.75 Å². The zero-order valence-corrected chi connectivity index (χ0v) is 21.9. The summed E-state index contributed by atoms with van der Waals surface area (Å²) in [5, 5.41) is 3.58. The number of carbonyl (C=O) groups excluding carboxylic acids is 1. The van der Waals surface area contributed by atoms with Crippen LogP contribution in [-0.2, 0) is 16.0 Å². The lowest BCUT2D eigenvalue weighted by molar-refractivity contribution is -0.140. The van der Waals surface area contributed by atoms with Crippen molar-refractivity contribution in [2.45, 2.75) is 78.9 Å². The Hall–Kier alpha value is -3.02. The van der Waals surface area contributed by atoms with Gasteiger partial charge in [-0.05, 0) is 92.8 Å². The molecule has 0 bridgehead atoms. The molecule has 35 heavy (non-hydrogen) atoms. The average Bonchev–Trinajstić information content (AvgIpc) is 3.14. The Morgan fingerprint density at radius 1 is 1.17 bits per heavy atom. The van der Waals surface area contributed by atoms with Crippen LogP contribution >= 0.6 is 0 Å². The molecule has 6 nitrogen and oxygen atoms in total. The van der Waals surface area contributed by atoms with E-state index < -0.39 is 0 Å². The molecule has 0 unspecified atom stereocenters. The van der Waals surface area contributed by atoms with E-state index in [2.05, 4.69) is 48.9 Å². The summed E-state index contributed by atoms with van der Waals surface area (Å²) >= 11 is 0. The molecule has 4 rings (SSSR count). The van der Waals surface area contributed by atoms with Gasteiger partial charge in [-0.3, -0.25) is 4.79 Å². The molecule has 0 radical (unpaired) electrons. The predicted octanol–water partition coefficient (Wildman–Crippen LogP) is 7.06. The number of hydrogen-bond donors (Lipinski definition) is 1. The molecular weight excluding hydrogens is 438 g/mol. The first-order valence-corrected chi connectivity index (χ1v) is 12.7. The van der Waals surface area contributed by atoms with Crippen LogP contribution in [0.25, 0.3) is 11.0 Å². The lowest BCUT2D eigenvalue weighted by Crippen LogP contribution is -2.29. The lowest BCUT2D eigenvalue weighted by Gasteiger charge is -2.40. The van der Waals surface area contributed by atoms with Gasteiger partial charge in [0.25, 0.3) is 0 Å². The summed E-state index contributed by atoms with van der Waals surface area (Å²) in [5.74, 6) is 2.18. The van der Waals surface area contributed by atoms with E-state index in [1.165, 1.54) is 13.5 Å². The van der Waals surface area contributed by atoms with Gasteiger partial charge in [-0.1, -0.05) is 26.8 Å². The van der Waals surface area contributed by atoms with Crippen LogP contribution in [-0.4, -0.2) is 28.7 Å². The van der Waals surface area contributed by atoms with Gasteiger partial charge in [0.05, 0.1) is 24.2 Å². The monoisotopic (exact) mass is 477 g/mol. The van der Waals surface area contributed by atoms with Crippen molar-refractivity contribution in [3.8, 4) is 5.75 Å². The molecule has 0 spiro atoms. The van der Waals surface area contributed by atoms with Crippen molar-refractivity contribution in [3.05, 3.63) is 48.0 Å². The molecule has 6 heteroatoms. The number of esters is 1. The first kappa shape index (κ1) is 25.1. The SMILES string of the molecule is COC(=O)CCc1ccc2c(c1)nc(Nc1ccc(OC(C)C)cc1)n2[C@H]1C[C@@H](C)CC(C)(C)C1. The molecule has 1 aromatic heterocycles. The van der Waals surface area contributed by atoms with Crippen LogP contribution in [0.4, 0.5) is 11.6 Å². The van der Waals surface area contributed by atoms with Gasteiger partial charge in [0.1, 0.15) is 5.75 Å². The number of rotatable bonds is 8. The van der Waals surface area contributed by atoms with Gasteiger partial charge in [0, 0.05) is 18.2 Å². The number of nitrogens with one attached hydrogen (secondary N) is 1. The van der Waals surface area contributed by atoms with Crippen LogP contribution < -0.4 is 10.1 Å². The number of anilines is 2. The Morgan fingerprint density at radius 2 is 1.91 bits per heavy atom. The van der Waals surface area contributed by atoms with Gasteiger partial charge in [0.2, 0.25) is 5.95 Å². The standard InChI is InChI=1S/C29H39N3O3/c1-19(2)35-24-11-9-22(10-12-24)30-28-31-25-16-21(8-14-27(33)34-6)7-13-26(25)32(28)23-15-20(3)17-29(4,5)18-23/h7,9-13,16,19-20,23H,8,14-15,17-18H2,1-6H3,(H,30,31)/t20-,23+/m1/s1. The quantitative estimate of drug-likeness (QED) is 0.352. The number of imidazole rings is 1. The number of methoxy groups -OCH3 is 1. The fourth-order valence-corrected chi connectivity index (χ4v) is 5.62. The van der Waals surface area contributed by atoms with Crippen molar-refractivity contribution in [1.82, 2.24) is 9.55 Å². The lowest BCUT2D eigenvalue weighted by atomic mass is 9.70. The Labute approximate surface area is 209 Å². The van der Waals surface area contributed by atoms with Crippen LogP contribution in [0.1, 0.15) is 71.9 Å². The van der Waals surface area contributed by atoms with E-state index >= 15 is 0 Å². The predicted molar refractivity (Wildman–Crippen MR) is 141 cm³/mol. The largest absolute Gasteiger partial charge is 0.491 e. The third kappa shape index (κ3) is 6.16. The zero-order chi connectivity index (χ0) is 25.2. The Morgan fingerprint density at radius 3 is 2.57 bits per heavy atom. The van der Waals surface area contributed by atoms with Gasteiger partial charge in [0.15, 0.2) is 0 Å². The summed E-state index contributed by atoms with van der Waals surface area (Å²) in [5.41, 5.74) is 4.43. The Balaban J connectivity index is 1.69. The van der Waals surface area contributed by atoms with Crippen molar-refractivity contribution >= 4 is 28.6 Å². The molecule has 1 N–H and O–H groups in total. The molecular formula is C29H39N3O3. The normalized spacial score (nSPS) is 19.6. The second kappa shape index (κ2) is 10.3. The van der Waals surface area contributed by atoms with E-state index in [0.29, 0.717) is 24.8 Å². The van der Waals surface area contributed by atoms with Crippen LogP contribution in [0.15, 0.2) is 42.5 Å². The highest BCUT2D eigenvalue weighted by molar-refractivity contribution is 5.81. The fraction of sp³-hybridized carbons (Fsp3) is 0.517. The molecule has 1 aliphatic carbocycles. The number of carbonyl (C=O) groups is 1. The zero-order valence-electron chi connectivity index (χ0n) is 21.9. The van der Waals surface area contributed by atoms with E-state index in [9.17, 15) is 4.79 Å². The van der Waals surface area contributed by atoms with Gasteiger partial charge >= 0.3 is 5.97 Å². The number of aromatic nitrogens is 2. The second-order valence-corrected chi connectivity index (χ2v) is 11.1. The molecule has 1 fully saturated rings. The summed E-state index contributed by atoms with van der Waals surface area (Å²) in [4.78, 5) is 16.7. The molecule has 0 aliphatic heterocycles. The minimum Gasteiger partial charge on any atom is -0.491 e. The van der Waals surface area contributed by atoms with E-state index in [1.54, 1.807) is 0 Å². The molecule has 1 heterocycles. The Kier molecular flexibility index (Phi) is 7.39. The third-order valence-corrected chi connectivity index (χ3v) is 6.81. The molecule has 3 aromatic rings. The molecule has 1 saturated carbocycles. The molecule has 188 valence electrons. The van der Waals surface area contributed by atoms with Gasteiger partial charge in [-0.15, -0.1) is 0 Å².